The predicted molar refractivity (Wildman–Crippen MR) is 100 cm³/mol. The van der Waals surface area contributed by atoms with Crippen molar-refractivity contribution in [1.82, 2.24) is 4.98 Å². The average molecular weight is 403 g/mol. The van der Waals surface area contributed by atoms with Crippen molar-refractivity contribution < 1.29 is 23.1 Å². The number of rotatable bonds is 6. The fourth-order valence-electron chi connectivity index (χ4n) is 2.77. The molecule has 1 atom stereocenters. The van der Waals surface area contributed by atoms with Crippen LogP contribution in [-0.2, 0) is 20.7 Å². The molecule has 152 valence electrons. The second kappa shape index (κ2) is 9.10. The molecule has 1 amide bonds. The van der Waals surface area contributed by atoms with Gasteiger partial charge in [0.15, 0.2) is 17.7 Å². The zero-order chi connectivity index (χ0) is 21.7. The number of nitrogens with one attached hydrogen (secondary N) is 2. The highest BCUT2D eigenvalue weighted by Gasteiger charge is 2.20. The summed E-state index contributed by atoms with van der Waals surface area (Å²) >= 11 is 0. The third kappa shape index (κ3) is 5.25. The van der Waals surface area contributed by atoms with Crippen molar-refractivity contribution in [2.24, 2.45) is 0 Å². The lowest BCUT2D eigenvalue weighted by atomic mass is 9.99. The van der Waals surface area contributed by atoms with Crippen molar-refractivity contribution in [1.29, 1.82) is 5.26 Å². The van der Waals surface area contributed by atoms with Gasteiger partial charge in [0.25, 0.3) is 11.5 Å². The highest BCUT2D eigenvalue weighted by molar-refractivity contribution is 5.95. The van der Waals surface area contributed by atoms with Crippen LogP contribution in [0.3, 0.4) is 0 Å². The summed E-state index contributed by atoms with van der Waals surface area (Å²) in [6, 6.07) is 4.70. The van der Waals surface area contributed by atoms with E-state index in [1.807, 2.05) is 6.07 Å². The number of ether oxygens (including phenoxy) is 1. The number of halogens is 2. The number of nitriles is 1. The molecule has 2 rings (SSSR count). The van der Waals surface area contributed by atoms with Crippen LogP contribution in [0.25, 0.3) is 0 Å². The second-order valence-electron chi connectivity index (χ2n) is 6.42. The molecule has 1 aromatic heterocycles. The highest BCUT2D eigenvalue weighted by Crippen LogP contribution is 2.16. The molecule has 9 heteroatoms. The molecule has 0 saturated carbocycles. The van der Waals surface area contributed by atoms with Crippen LogP contribution in [0.15, 0.2) is 23.0 Å². The number of hydrogen-bond donors (Lipinski definition) is 2. The lowest BCUT2D eigenvalue weighted by Crippen LogP contribution is -2.30. The van der Waals surface area contributed by atoms with Crippen LogP contribution >= 0.6 is 0 Å². The van der Waals surface area contributed by atoms with Crippen molar-refractivity contribution >= 4 is 17.6 Å². The van der Waals surface area contributed by atoms with Crippen molar-refractivity contribution in [2.75, 3.05) is 5.32 Å². The van der Waals surface area contributed by atoms with Gasteiger partial charge in [-0.2, -0.15) is 5.26 Å². The maximum atomic E-state index is 13.2. The minimum absolute atomic E-state index is 0.0155. The molecule has 29 heavy (non-hydrogen) atoms. The molecule has 0 aliphatic heterocycles. The first-order valence-corrected chi connectivity index (χ1v) is 8.71. The van der Waals surface area contributed by atoms with E-state index < -0.39 is 35.2 Å². The fraction of sp³-hybridized carbons (Fsp3) is 0.300. The van der Waals surface area contributed by atoms with Gasteiger partial charge in [-0.05, 0) is 50.5 Å². The summed E-state index contributed by atoms with van der Waals surface area (Å²) in [6.07, 6.45) is -1.04. The first-order chi connectivity index (χ1) is 13.6. The van der Waals surface area contributed by atoms with Crippen molar-refractivity contribution in [3.8, 4) is 6.07 Å². The predicted octanol–water partition coefficient (Wildman–Crippen LogP) is 2.64. The molecule has 1 aromatic carbocycles. The van der Waals surface area contributed by atoms with Gasteiger partial charge >= 0.3 is 5.97 Å². The number of aromatic amines is 1. The summed E-state index contributed by atoms with van der Waals surface area (Å²) in [5.41, 5.74) is 1.21. The minimum atomic E-state index is -1.16. The van der Waals surface area contributed by atoms with E-state index in [0.717, 1.165) is 12.1 Å². The molecule has 0 aliphatic rings. The summed E-state index contributed by atoms with van der Waals surface area (Å²) < 4.78 is 31.2. The standard InChI is InChI=1S/C20H19F2N3O4/c1-10-14(11(2)24-20(28)15(10)9-23)5-7-18(26)29-12(3)19(27)25-13-4-6-16(21)17(22)8-13/h4,6,8,12H,5,7H2,1-3H3,(H,24,28)(H,25,27)/t12-/m1/s1. The second-order valence-corrected chi connectivity index (χ2v) is 6.42. The highest BCUT2D eigenvalue weighted by atomic mass is 19.2. The number of pyridine rings is 1. The zero-order valence-corrected chi connectivity index (χ0v) is 16.1. The third-order valence-corrected chi connectivity index (χ3v) is 4.36. The van der Waals surface area contributed by atoms with E-state index in [9.17, 15) is 23.2 Å². The molecule has 1 heterocycles. The Hall–Kier alpha value is -3.54. The Morgan fingerprint density at radius 2 is 1.97 bits per heavy atom. The number of aryl methyl sites for hydroxylation is 1. The number of carbonyl (C=O) groups excluding carboxylic acids is 2. The van der Waals surface area contributed by atoms with Gasteiger partial charge in [-0.3, -0.25) is 14.4 Å². The molecule has 0 spiro atoms. The molecule has 0 unspecified atom stereocenters. The number of benzene rings is 1. The molecule has 2 N–H and O–H groups in total. The Labute approximate surface area is 165 Å². The number of aromatic nitrogens is 1. The average Bonchev–Trinajstić information content (AvgIpc) is 2.64. The van der Waals surface area contributed by atoms with Crippen LogP contribution in [0.2, 0.25) is 0 Å². The molecule has 0 aliphatic carbocycles. The van der Waals surface area contributed by atoms with E-state index in [-0.39, 0.29) is 24.1 Å². The summed E-state index contributed by atoms with van der Waals surface area (Å²) in [5.74, 6) is -3.53. The Kier molecular flexibility index (Phi) is 6.83. The van der Waals surface area contributed by atoms with E-state index in [1.54, 1.807) is 13.8 Å². The van der Waals surface area contributed by atoms with Gasteiger partial charge in [-0.1, -0.05) is 0 Å². The maximum absolute atomic E-state index is 13.2. The smallest absolute Gasteiger partial charge is 0.306 e. The van der Waals surface area contributed by atoms with Gasteiger partial charge in [-0.15, -0.1) is 0 Å². The number of H-pyrrole nitrogens is 1. The van der Waals surface area contributed by atoms with Crippen LogP contribution in [0.4, 0.5) is 14.5 Å². The van der Waals surface area contributed by atoms with Crippen LogP contribution in [0, 0.1) is 36.8 Å². The molecule has 0 radical (unpaired) electrons. The van der Waals surface area contributed by atoms with Gasteiger partial charge in [0.2, 0.25) is 0 Å². The Morgan fingerprint density at radius 1 is 1.28 bits per heavy atom. The van der Waals surface area contributed by atoms with Gasteiger partial charge in [0.05, 0.1) is 0 Å². The number of anilines is 1. The van der Waals surface area contributed by atoms with Crippen LogP contribution in [0.1, 0.15) is 35.7 Å². The van der Waals surface area contributed by atoms with Crippen molar-refractivity contribution in [2.45, 2.75) is 39.7 Å². The number of carbonyl (C=O) groups is 2. The van der Waals surface area contributed by atoms with E-state index >= 15 is 0 Å². The molecule has 0 saturated heterocycles. The molecule has 7 nitrogen and oxygen atoms in total. The van der Waals surface area contributed by atoms with Crippen molar-refractivity contribution in [3.05, 3.63) is 62.6 Å². The fourth-order valence-corrected chi connectivity index (χ4v) is 2.77. The normalized spacial score (nSPS) is 11.4. The van der Waals surface area contributed by atoms with E-state index in [1.165, 1.54) is 13.0 Å². The Bertz CT molecular complexity index is 1060. The summed E-state index contributed by atoms with van der Waals surface area (Å²) in [4.78, 5) is 38.4. The number of hydrogen-bond acceptors (Lipinski definition) is 5. The molecule has 2 aromatic rings. The van der Waals surface area contributed by atoms with E-state index in [0.29, 0.717) is 16.8 Å². The lowest BCUT2D eigenvalue weighted by Gasteiger charge is -2.15. The van der Waals surface area contributed by atoms with Crippen LogP contribution < -0.4 is 10.9 Å². The van der Waals surface area contributed by atoms with Crippen LogP contribution in [-0.4, -0.2) is 23.0 Å². The summed E-state index contributed by atoms with van der Waals surface area (Å²) in [6.45, 7) is 4.63. The third-order valence-electron chi connectivity index (χ3n) is 4.36. The SMILES string of the molecule is Cc1[nH]c(=O)c(C#N)c(C)c1CCC(=O)O[C@H](C)C(=O)Nc1ccc(F)c(F)c1. The number of esters is 1. The topological polar surface area (TPSA) is 112 Å². The summed E-state index contributed by atoms with van der Waals surface area (Å²) in [7, 11) is 0. The molecular weight excluding hydrogens is 384 g/mol. The van der Waals surface area contributed by atoms with E-state index in [4.69, 9.17) is 10.00 Å². The molecular formula is C20H19F2N3O4. The monoisotopic (exact) mass is 403 g/mol. The first-order valence-electron chi connectivity index (χ1n) is 8.71. The van der Waals surface area contributed by atoms with Gasteiger partial charge in [0.1, 0.15) is 11.6 Å². The Balaban J connectivity index is 1.97. The summed E-state index contributed by atoms with van der Waals surface area (Å²) in [5, 5.41) is 11.4. The molecule has 0 fully saturated rings. The maximum Gasteiger partial charge on any atom is 0.306 e. The zero-order valence-electron chi connectivity index (χ0n) is 16.1. The number of amides is 1. The quantitative estimate of drug-likeness (QED) is 0.720. The Morgan fingerprint density at radius 3 is 2.59 bits per heavy atom. The number of nitrogens with zero attached hydrogens (tertiary/aromatic N) is 1. The molecule has 0 bridgehead atoms. The van der Waals surface area contributed by atoms with Gasteiger partial charge in [0, 0.05) is 23.9 Å². The van der Waals surface area contributed by atoms with Crippen molar-refractivity contribution in [3.63, 3.8) is 0 Å². The van der Waals surface area contributed by atoms with Gasteiger partial charge in [-0.25, -0.2) is 8.78 Å². The largest absolute Gasteiger partial charge is 0.453 e. The van der Waals surface area contributed by atoms with E-state index in [2.05, 4.69) is 10.3 Å². The minimum Gasteiger partial charge on any atom is -0.453 e. The lowest BCUT2D eigenvalue weighted by molar-refractivity contribution is -0.153. The first kappa shape index (κ1) is 21.8. The van der Waals surface area contributed by atoms with Crippen LogP contribution in [0.5, 0.6) is 0 Å². The van der Waals surface area contributed by atoms with Gasteiger partial charge < -0.3 is 15.0 Å².